The first kappa shape index (κ1) is 24.2. The van der Waals surface area contributed by atoms with E-state index in [0.717, 1.165) is 26.2 Å². The van der Waals surface area contributed by atoms with Crippen LogP contribution in [-0.2, 0) is 9.59 Å². The summed E-state index contributed by atoms with van der Waals surface area (Å²) in [6, 6.07) is 18.9. The lowest BCUT2D eigenvalue weighted by Crippen LogP contribution is -2.54. The Balaban J connectivity index is 1.40. The van der Waals surface area contributed by atoms with Crippen molar-refractivity contribution in [2.75, 3.05) is 18.1 Å². The van der Waals surface area contributed by atoms with E-state index >= 15 is 0 Å². The highest BCUT2D eigenvalue weighted by molar-refractivity contribution is 9.10. The zero-order valence-electron chi connectivity index (χ0n) is 19.2. The van der Waals surface area contributed by atoms with Crippen LogP contribution in [0, 0.1) is 13.8 Å². The fraction of sp³-hybridized carbons (Fsp3) is 0.148. The molecule has 0 radical (unpaired) electrons. The summed E-state index contributed by atoms with van der Waals surface area (Å²) in [6.45, 7) is 4.76. The van der Waals surface area contributed by atoms with E-state index in [1.165, 1.54) is 6.08 Å². The SMILES string of the molecule is Cc1ccc(C)c(OCCOc2ccc(/C=C3\C(=O)NC(=O)N(c4ccc(Br)cc4)C3=O)cc2)c1. The zero-order chi connectivity index (χ0) is 24.9. The summed E-state index contributed by atoms with van der Waals surface area (Å²) in [6.07, 6.45) is 1.45. The van der Waals surface area contributed by atoms with Crippen LogP contribution >= 0.6 is 15.9 Å². The summed E-state index contributed by atoms with van der Waals surface area (Å²) >= 11 is 3.32. The molecule has 0 atom stereocenters. The highest BCUT2D eigenvalue weighted by Gasteiger charge is 2.36. The first-order valence-electron chi connectivity index (χ1n) is 10.9. The lowest BCUT2D eigenvalue weighted by atomic mass is 10.1. The molecule has 0 unspecified atom stereocenters. The summed E-state index contributed by atoms with van der Waals surface area (Å²) in [5.41, 5.74) is 3.04. The number of halogens is 1. The van der Waals surface area contributed by atoms with Gasteiger partial charge in [-0.2, -0.15) is 0 Å². The summed E-state index contributed by atoms with van der Waals surface area (Å²) in [5, 5.41) is 2.22. The number of rotatable bonds is 7. The number of benzene rings is 3. The number of carbonyl (C=O) groups is 3. The van der Waals surface area contributed by atoms with Crippen molar-refractivity contribution >= 4 is 45.5 Å². The maximum absolute atomic E-state index is 13.0. The van der Waals surface area contributed by atoms with Crippen LogP contribution in [0.5, 0.6) is 11.5 Å². The minimum Gasteiger partial charge on any atom is -0.490 e. The number of hydrogen-bond acceptors (Lipinski definition) is 5. The Labute approximate surface area is 211 Å². The molecule has 0 aromatic heterocycles. The van der Waals surface area contributed by atoms with Crippen molar-refractivity contribution in [1.82, 2.24) is 5.32 Å². The van der Waals surface area contributed by atoms with Gasteiger partial charge in [0.2, 0.25) is 0 Å². The molecule has 35 heavy (non-hydrogen) atoms. The Bertz CT molecular complexity index is 1300. The summed E-state index contributed by atoms with van der Waals surface area (Å²) < 4.78 is 12.3. The highest BCUT2D eigenvalue weighted by atomic mass is 79.9. The molecule has 1 aliphatic rings. The highest BCUT2D eigenvalue weighted by Crippen LogP contribution is 2.24. The molecule has 1 aliphatic heterocycles. The van der Waals surface area contributed by atoms with Gasteiger partial charge in [0, 0.05) is 4.47 Å². The van der Waals surface area contributed by atoms with Gasteiger partial charge in [0.25, 0.3) is 11.8 Å². The third-order valence-electron chi connectivity index (χ3n) is 5.33. The second kappa shape index (κ2) is 10.6. The molecule has 3 aromatic rings. The first-order valence-corrected chi connectivity index (χ1v) is 11.7. The number of barbiturate groups is 1. The van der Waals surface area contributed by atoms with Gasteiger partial charge in [-0.15, -0.1) is 0 Å². The summed E-state index contributed by atoms with van der Waals surface area (Å²) in [5.74, 6) is 0.0340. The molecule has 0 aliphatic carbocycles. The molecule has 1 saturated heterocycles. The Hall–Kier alpha value is -3.91. The molecule has 1 fully saturated rings. The van der Waals surface area contributed by atoms with Gasteiger partial charge >= 0.3 is 6.03 Å². The third-order valence-corrected chi connectivity index (χ3v) is 5.86. The van der Waals surface area contributed by atoms with E-state index in [1.54, 1.807) is 48.5 Å². The molecule has 4 amide bonds. The molecular formula is C27H23BrN2O5. The van der Waals surface area contributed by atoms with Crippen molar-refractivity contribution in [2.24, 2.45) is 0 Å². The van der Waals surface area contributed by atoms with Gasteiger partial charge in [0.1, 0.15) is 30.3 Å². The van der Waals surface area contributed by atoms with Gasteiger partial charge in [-0.05, 0) is 79.1 Å². The van der Waals surface area contributed by atoms with Crippen molar-refractivity contribution in [3.05, 3.63) is 93.5 Å². The van der Waals surface area contributed by atoms with Crippen molar-refractivity contribution in [1.29, 1.82) is 0 Å². The molecule has 1 N–H and O–H groups in total. The summed E-state index contributed by atoms with van der Waals surface area (Å²) in [7, 11) is 0. The molecule has 8 heteroatoms. The number of nitrogens with zero attached hydrogens (tertiary/aromatic N) is 1. The largest absolute Gasteiger partial charge is 0.490 e. The van der Waals surface area contributed by atoms with E-state index in [2.05, 4.69) is 21.2 Å². The normalized spacial score (nSPS) is 14.8. The Morgan fingerprint density at radius 2 is 1.57 bits per heavy atom. The minimum atomic E-state index is -0.786. The molecule has 1 heterocycles. The van der Waals surface area contributed by atoms with E-state index in [1.807, 2.05) is 32.0 Å². The number of aryl methyl sites for hydroxylation is 2. The van der Waals surface area contributed by atoms with E-state index in [4.69, 9.17) is 9.47 Å². The molecule has 0 bridgehead atoms. The molecule has 0 saturated carbocycles. The molecular weight excluding hydrogens is 512 g/mol. The van der Waals surface area contributed by atoms with Crippen LogP contribution in [0.15, 0.2) is 76.8 Å². The quantitative estimate of drug-likeness (QED) is 0.256. The van der Waals surface area contributed by atoms with E-state index in [-0.39, 0.29) is 5.57 Å². The van der Waals surface area contributed by atoms with Crippen LogP contribution in [0.4, 0.5) is 10.5 Å². The number of hydrogen-bond donors (Lipinski definition) is 1. The fourth-order valence-electron chi connectivity index (χ4n) is 3.48. The van der Waals surface area contributed by atoms with Crippen molar-refractivity contribution in [3.8, 4) is 11.5 Å². The van der Waals surface area contributed by atoms with E-state index in [0.29, 0.717) is 30.2 Å². The molecule has 178 valence electrons. The van der Waals surface area contributed by atoms with E-state index in [9.17, 15) is 14.4 Å². The smallest absolute Gasteiger partial charge is 0.335 e. The average molecular weight is 535 g/mol. The minimum absolute atomic E-state index is 0.136. The monoisotopic (exact) mass is 534 g/mol. The molecule has 0 spiro atoms. The van der Waals surface area contributed by atoms with Gasteiger partial charge in [-0.3, -0.25) is 14.9 Å². The van der Waals surface area contributed by atoms with Crippen LogP contribution in [0.25, 0.3) is 6.08 Å². The predicted molar refractivity (Wildman–Crippen MR) is 136 cm³/mol. The number of urea groups is 1. The fourth-order valence-corrected chi connectivity index (χ4v) is 3.75. The van der Waals surface area contributed by atoms with Crippen LogP contribution in [0.3, 0.4) is 0 Å². The van der Waals surface area contributed by atoms with Gasteiger partial charge in [-0.25, -0.2) is 9.69 Å². The van der Waals surface area contributed by atoms with Gasteiger partial charge < -0.3 is 9.47 Å². The molecule has 7 nitrogen and oxygen atoms in total. The van der Waals surface area contributed by atoms with Crippen molar-refractivity contribution in [3.63, 3.8) is 0 Å². The van der Waals surface area contributed by atoms with Crippen LogP contribution in [0.2, 0.25) is 0 Å². The lowest BCUT2D eigenvalue weighted by Gasteiger charge is -2.26. The lowest BCUT2D eigenvalue weighted by molar-refractivity contribution is -0.122. The van der Waals surface area contributed by atoms with Crippen molar-refractivity contribution < 1.29 is 23.9 Å². The van der Waals surface area contributed by atoms with Gasteiger partial charge in [-0.1, -0.05) is 40.2 Å². The second-order valence-corrected chi connectivity index (χ2v) is 8.88. The Morgan fingerprint density at radius 1 is 0.886 bits per heavy atom. The standard InChI is InChI=1S/C27H23BrN2O5/c1-17-3-4-18(2)24(15-17)35-14-13-34-22-11-5-19(6-12-22)16-23-25(31)29-27(33)30(26(23)32)21-9-7-20(28)8-10-21/h3-12,15-16H,13-14H2,1-2H3,(H,29,31,33)/b23-16+. The molecule has 3 aromatic carbocycles. The number of anilines is 1. The Morgan fingerprint density at radius 3 is 2.29 bits per heavy atom. The molecule has 4 rings (SSSR count). The topological polar surface area (TPSA) is 84.9 Å². The van der Waals surface area contributed by atoms with Gasteiger partial charge in [0.15, 0.2) is 0 Å². The number of imide groups is 2. The van der Waals surface area contributed by atoms with Crippen LogP contribution in [0.1, 0.15) is 16.7 Å². The van der Waals surface area contributed by atoms with E-state index < -0.39 is 17.8 Å². The Kier molecular flexibility index (Phi) is 7.31. The third kappa shape index (κ3) is 5.78. The first-order chi connectivity index (χ1) is 16.8. The van der Waals surface area contributed by atoms with Crippen LogP contribution in [-0.4, -0.2) is 31.1 Å². The zero-order valence-corrected chi connectivity index (χ0v) is 20.8. The van der Waals surface area contributed by atoms with Crippen molar-refractivity contribution in [2.45, 2.75) is 13.8 Å². The maximum Gasteiger partial charge on any atom is 0.335 e. The second-order valence-electron chi connectivity index (χ2n) is 7.97. The maximum atomic E-state index is 13.0. The average Bonchev–Trinajstić information content (AvgIpc) is 2.83. The number of amides is 4. The van der Waals surface area contributed by atoms with Gasteiger partial charge in [0.05, 0.1) is 5.69 Å². The summed E-state index contributed by atoms with van der Waals surface area (Å²) in [4.78, 5) is 38.6. The number of nitrogens with one attached hydrogen (secondary N) is 1. The number of ether oxygens (including phenoxy) is 2. The van der Waals surface area contributed by atoms with Crippen LogP contribution < -0.4 is 19.7 Å². The number of carbonyl (C=O) groups excluding carboxylic acids is 3. The predicted octanol–water partition coefficient (Wildman–Crippen LogP) is 5.19.